The molecule has 1 fully saturated rings. The molecule has 1 amide bonds. The van der Waals surface area contributed by atoms with E-state index in [1.54, 1.807) is 12.1 Å². The van der Waals surface area contributed by atoms with Gasteiger partial charge in [0.05, 0.1) is 13.2 Å². The lowest BCUT2D eigenvalue weighted by molar-refractivity contribution is -0.143. The highest BCUT2D eigenvalue weighted by Gasteiger charge is 2.35. The number of nitrogens with one attached hydrogen (secondary N) is 1. The van der Waals surface area contributed by atoms with Gasteiger partial charge in [0, 0.05) is 49.7 Å². The number of aryl methyl sites for hydroxylation is 1. The minimum atomic E-state index is -4.51. The number of rotatable bonds is 6. The van der Waals surface area contributed by atoms with Gasteiger partial charge >= 0.3 is 6.18 Å². The van der Waals surface area contributed by atoms with E-state index >= 15 is 0 Å². The Balaban J connectivity index is 1.65. The van der Waals surface area contributed by atoms with Crippen molar-refractivity contribution >= 4 is 16.9 Å². The lowest BCUT2D eigenvalue weighted by Crippen LogP contribution is -2.53. The van der Waals surface area contributed by atoms with Gasteiger partial charge in [0.1, 0.15) is 11.3 Å². The lowest BCUT2D eigenvalue weighted by Gasteiger charge is -2.35. The Kier molecular flexibility index (Phi) is 5.95. The van der Waals surface area contributed by atoms with Crippen molar-refractivity contribution in [2.24, 2.45) is 0 Å². The van der Waals surface area contributed by atoms with Gasteiger partial charge < -0.3 is 14.6 Å². The molecule has 1 aliphatic heterocycles. The van der Waals surface area contributed by atoms with Gasteiger partial charge in [0.25, 0.3) is 0 Å². The summed E-state index contributed by atoms with van der Waals surface area (Å²) in [5.41, 5.74) is -1.05. The highest BCUT2D eigenvalue weighted by atomic mass is 19.4. The van der Waals surface area contributed by atoms with E-state index in [0.717, 1.165) is 23.7 Å². The summed E-state index contributed by atoms with van der Waals surface area (Å²) in [6.45, 7) is 7.32. The van der Waals surface area contributed by atoms with Crippen LogP contribution in [0.4, 0.5) is 13.2 Å². The minimum absolute atomic E-state index is 0.0595. The zero-order chi connectivity index (χ0) is 20.4. The van der Waals surface area contributed by atoms with Crippen molar-refractivity contribution < 1.29 is 22.7 Å². The number of ether oxygens (including phenoxy) is 1. The fraction of sp³-hybridized carbons (Fsp3) is 0.579. The molecule has 9 heteroatoms. The number of hydrogen-bond acceptors (Lipinski definition) is 4. The number of alkyl halides is 3. The van der Waals surface area contributed by atoms with Crippen molar-refractivity contribution in [3.63, 3.8) is 0 Å². The standard InChI is InChI=1S/C19H25F3N4O2/c1-18(2,13-25-8-10-28-11-9-25)24-16(27)5-7-26-15(19(20,21)22)12-14-4-3-6-23-17(14)26/h3-4,6,12H,5,7-11,13H2,1-2H3,(H,24,27). The molecule has 0 bridgehead atoms. The Hall–Kier alpha value is -2.13. The molecule has 0 spiro atoms. The first-order valence-corrected chi connectivity index (χ1v) is 9.28. The van der Waals surface area contributed by atoms with Crippen molar-refractivity contribution in [1.82, 2.24) is 19.8 Å². The number of pyridine rings is 1. The van der Waals surface area contributed by atoms with Crippen LogP contribution in [0.15, 0.2) is 24.4 Å². The summed E-state index contributed by atoms with van der Waals surface area (Å²) in [4.78, 5) is 18.7. The van der Waals surface area contributed by atoms with Gasteiger partial charge in [-0.05, 0) is 32.0 Å². The van der Waals surface area contributed by atoms with Crippen LogP contribution in [0.3, 0.4) is 0 Å². The molecule has 0 unspecified atom stereocenters. The number of amides is 1. The number of morpholine rings is 1. The molecular formula is C19H25F3N4O2. The molecule has 28 heavy (non-hydrogen) atoms. The van der Waals surface area contributed by atoms with Crippen LogP contribution in [0, 0.1) is 0 Å². The number of carbonyl (C=O) groups is 1. The van der Waals surface area contributed by atoms with Crippen molar-refractivity contribution in [2.75, 3.05) is 32.8 Å². The lowest BCUT2D eigenvalue weighted by atomic mass is 10.0. The van der Waals surface area contributed by atoms with Gasteiger partial charge in [0.2, 0.25) is 5.91 Å². The summed E-state index contributed by atoms with van der Waals surface area (Å²) in [7, 11) is 0. The van der Waals surface area contributed by atoms with E-state index in [0.29, 0.717) is 25.1 Å². The maximum Gasteiger partial charge on any atom is 0.431 e. The van der Waals surface area contributed by atoms with E-state index in [4.69, 9.17) is 4.74 Å². The van der Waals surface area contributed by atoms with Crippen LogP contribution in [0.5, 0.6) is 0 Å². The summed E-state index contributed by atoms with van der Waals surface area (Å²) in [6.07, 6.45) is -3.12. The third-order valence-electron chi connectivity index (χ3n) is 4.71. The fourth-order valence-corrected chi connectivity index (χ4v) is 3.56. The van der Waals surface area contributed by atoms with Crippen molar-refractivity contribution in [2.45, 2.75) is 38.5 Å². The molecule has 0 aromatic carbocycles. The average molecular weight is 398 g/mol. The second-order valence-corrected chi connectivity index (χ2v) is 7.67. The summed E-state index contributed by atoms with van der Waals surface area (Å²) < 4.78 is 46.5. The number of carbonyl (C=O) groups excluding carboxylic acids is 1. The largest absolute Gasteiger partial charge is 0.431 e. The molecule has 1 N–H and O–H groups in total. The van der Waals surface area contributed by atoms with Crippen molar-refractivity contribution in [3.8, 4) is 0 Å². The van der Waals surface area contributed by atoms with Crippen molar-refractivity contribution in [1.29, 1.82) is 0 Å². The molecule has 1 saturated heterocycles. The third-order valence-corrected chi connectivity index (χ3v) is 4.71. The van der Waals surface area contributed by atoms with E-state index in [1.165, 1.54) is 6.20 Å². The van der Waals surface area contributed by atoms with Crippen LogP contribution in [0.1, 0.15) is 26.0 Å². The van der Waals surface area contributed by atoms with Gasteiger partial charge in [-0.2, -0.15) is 13.2 Å². The molecule has 1 aliphatic rings. The number of nitrogens with zero attached hydrogens (tertiary/aromatic N) is 3. The van der Waals surface area contributed by atoms with Gasteiger partial charge in [-0.1, -0.05) is 0 Å². The topological polar surface area (TPSA) is 59.4 Å². The van der Waals surface area contributed by atoms with E-state index in [9.17, 15) is 18.0 Å². The first kappa shape index (κ1) is 20.6. The maximum absolute atomic E-state index is 13.4. The summed E-state index contributed by atoms with van der Waals surface area (Å²) >= 11 is 0. The maximum atomic E-state index is 13.4. The van der Waals surface area contributed by atoms with E-state index in [-0.39, 0.29) is 24.5 Å². The number of aromatic nitrogens is 2. The SMILES string of the molecule is CC(C)(CN1CCOCC1)NC(=O)CCn1c(C(F)(F)F)cc2cccnc21. The van der Waals surface area contributed by atoms with Crippen LogP contribution < -0.4 is 5.32 Å². The van der Waals surface area contributed by atoms with Crippen LogP contribution in [0.25, 0.3) is 11.0 Å². The quantitative estimate of drug-likeness (QED) is 0.813. The Labute approximate surface area is 161 Å². The summed E-state index contributed by atoms with van der Waals surface area (Å²) in [5.74, 6) is -0.288. The molecule has 0 radical (unpaired) electrons. The van der Waals surface area contributed by atoms with Crippen molar-refractivity contribution in [3.05, 3.63) is 30.1 Å². The Morgan fingerprint density at radius 2 is 2.00 bits per heavy atom. The number of hydrogen-bond donors (Lipinski definition) is 1. The molecule has 0 aliphatic carbocycles. The highest BCUT2D eigenvalue weighted by Crippen LogP contribution is 2.33. The smallest absolute Gasteiger partial charge is 0.379 e. The predicted molar refractivity (Wildman–Crippen MR) is 98.8 cm³/mol. The summed E-state index contributed by atoms with van der Waals surface area (Å²) in [6, 6.07) is 4.25. The van der Waals surface area contributed by atoms with Crippen LogP contribution in [-0.2, 0) is 22.3 Å². The van der Waals surface area contributed by atoms with E-state index in [2.05, 4.69) is 15.2 Å². The fourth-order valence-electron chi connectivity index (χ4n) is 3.56. The first-order valence-electron chi connectivity index (χ1n) is 9.28. The molecule has 3 heterocycles. The molecule has 154 valence electrons. The molecule has 6 nitrogen and oxygen atoms in total. The first-order chi connectivity index (χ1) is 13.2. The molecule has 2 aromatic rings. The molecular weight excluding hydrogens is 373 g/mol. The van der Waals surface area contributed by atoms with E-state index < -0.39 is 17.4 Å². The minimum Gasteiger partial charge on any atom is -0.379 e. The Bertz CT molecular complexity index is 826. The van der Waals surface area contributed by atoms with Gasteiger partial charge in [-0.25, -0.2) is 4.98 Å². The Morgan fingerprint density at radius 1 is 1.29 bits per heavy atom. The number of halogens is 3. The molecule has 3 rings (SSSR count). The normalized spacial score (nSPS) is 16.5. The number of fused-ring (bicyclic) bond motifs is 1. The molecule has 0 saturated carbocycles. The third kappa shape index (κ3) is 5.02. The van der Waals surface area contributed by atoms with Gasteiger partial charge in [-0.15, -0.1) is 0 Å². The monoisotopic (exact) mass is 398 g/mol. The zero-order valence-electron chi connectivity index (χ0n) is 16.1. The van der Waals surface area contributed by atoms with Crippen LogP contribution in [-0.4, -0.2) is 58.7 Å². The average Bonchev–Trinajstić information content (AvgIpc) is 2.99. The summed E-state index contributed by atoms with van der Waals surface area (Å²) in [5, 5.41) is 3.34. The van der Waals surface area contributed by atoms with Crippen LogP contribution in [0.2, 0.25) is 0 Å². The van der Waals surface area contributed by atoms with Gasteiger partial charge in [0.15, 0.2) is 0 Å². The van der Waals surface area contributed by atoms with Crippen LogP contribution >= 0.6 is 0 Å². The zero-order valence-corrected chi connectivity index (χ0v) is 16.1. The predicted octanol–water partition coefficient (Wildman–Crippen LogP) is 2.67. The highest BCUT2D eigenvalue weighted by molar-refractivity contribution is 5.79. The molecule has 0 atom stereocenters. The second kappa shape index (κ2) is 8.08. The van der Waals surface area contributed by atoms with E-state index in [1.807, 2.05) is 13.8 Å². The Morgan fingerprint density at radius 3 is 2.68 bits per heavy atom. The molecule has 2 aromatic heterocycles. The van der Waals surface area contributed by atoms with Gasteiger partial charge in [-0.3, -0.25) is 9.69 Å². The second-order valence-electron chi connectivity index (χ2n) is 7.67.